The Hall–Kier alpha value is -0.160. The molecule has 1 aliphatic carbocycles. The molecule has 1 heterocycles. The van der Waals surface area contributed by atoms with Crippen LogP contribution in [0.1, 0.15) is 13.3 Å². The Kier molecular flexibility index (Phi) is 2.55. The van der Waals surface area contributed by atoms with Crippen molar-refractivity contribution >= 4 is 0 Å². The van der Waals surface area contributed by atoms with E-state index in [1.807, 2.05) is 7.05 Å². The number of hydrogen-bond donors (Lipinski definition) is 2. The van der Waals surface area contributed by atoms with Crippen molar-refractivity contribution in [1.82, 2.24) is 15.5 Å². The third-order valence-electron chi connectivity index (χ3n) is 2.90. The summed E-state index contributed by atoms with van der Waals surface area (Å²) in [6.45, 7) is 3.22. The third kappa shape index (κ3) is 1.86. The molecule has 1 saturated carbocycles. The van der Waals surface area contributed by atoms with Crippen molar-refractivity contribution in [2.75, 3.05) is 20.6 Å². The van der Waals surface area contributed by atoms with E-state index in [1.54, 1.807) is 0 Å². The number of ether oxygens (including phenoxy) is 1. The molecule has 0 aromatic rings. The second kappa shape index (κ2) is 3.53. The van der Waals surface area contributed by atoms with Gasteiger partial charge in [-0.2, -0.15) is 0 Å². The summed E-state index contributed by atoms with van der Waals surface area (Å²) >= 11 is 0. The summed E-state index contributed by atoms with van der Waals surface area (Å²) in [4.78, 5) is 2.33. The van der Waals surface area contributed by atoms with Crippen molar-refractivity contribution in [1.29, 1.82) is 0 Å². The van der Waals surface area contributed by atoms with Gasteiger partial charge in [0.25, 0.3) is 0 Å². The zero-order valence-electron chi connectivity index (χ0n) is 8.58. The standard InChI is InChI=1S/C9H19N3O/c1-4-11-6-5-7(6)12(3)9-8(10-2)13-9/h6-11H,4-5H2,1-3H3. The van der Waals surface area contributed by atoms with E-state index in [-0.39, 0.29) is 6.23 Å². The SMILES string of the molecule is CCNC1CC1N(C)C1OC1NC. The van der Waals surface area contributed by atoms with Gasteiger partial charge < -0.3 is 10.1 Å². The van der Waals surface area contributed by atoms with E-state index in [2.05, 4.69) is 29.5 Å². The minimum absolute atomic E-state index is 0.257. The van der Waals surface area contributed by atoms with E-state index >= 15 is 0 Å². The van der Waals surface area contributed by atoms with E-state index in [0.717, 1.165) is 6.54 Å². The fourth-order valence-corrected chi connectivity index (χ4v) is 1.93. The second-order valence-corrected chi connectivity index (χ2v) is 3.87. The van der Waals surface area contributed by atoms with Gasteiger partial charge in [0.1, 0.15) is 0 Å². The lowest BCUT2D eigenvalue weighted by Crippen LogP contribution is -2.34. The van der Waals surface area contributed by atoms with Crippen LogP contribution >= 0.6 is 0 Å². The zero-order valence-corrected chi connectivity index (χ0v) is 8.58. The van der Waals surface area contributed by atoms with Gasteiger partial charge in [-0.05, 0) is 27.1 Å². The lowest BCUT2D eigenvalue weighted by molar-refractivity contribution is 0.197. The maximum Gasteiger partial charge on any atom is 0.153 e. The van der Waals surface area contributed by atoms with Crippen LogP contribution in [0.5, 0.6) is 0 Å². The summed E-state index contributed by atoms with van der Waals surface area (Å²) < 4.78 is 5.44. The van der Waals surface area contributed by atoms with Crippen molar-refractivity contribution in [2.45, 2.75) is 37.9 Å². The van der Waals surface area contributed by atoms with Crippen LogP contribution in [0, 0.1) is 0 Å². The molecule has 1 aliphatic heterocycles. The van der Waals surface area contributed by atoms with Gasteiger partial charge in [0, 0.05) is 12.1 Å². The zero-order chi connectivity index (χ0) is 9.42. The minimum Gasteiger partial charge on any atom is -0.337 e. The van der Waals surface area contributed by atoms with Crippen molar-refractivity contribution in [2.24, 2.45) is 0 Å². The monoisotopic (exact) mass is 185 g/mol. The lowest BCUT2D eigenvalue weighted by atomic mass is 10.5. The molecule has 2 rings (SSSR count). The predicted molar refractivity (Wildman–Crippen MR) is 51.4 cm³/mol. The first-order valence-corrected chi connectivity index (χ1v) is 5.06. The van der Waals surface area contributed by atoms with Gasteiger partial charge in [-0.1, -0.05) is 6.92 Å². The van der Waals surface area contributed by atoms with Crippen LogP contribution < -0.4 is 10.6 Å². The highest BCUT2D eigenvalue weighted by atomic mass is 16.6. The summed E-state index contributed by atoms with van der Waals surface area (Å²) in [6, 6.07) is 1.38. The van der Waals surface area contributed by atoms with Crippen LogP contribution in [-0.4, -0.2) is 50.1 Å². The second-order valence-electron chi connectivity index (χ2n) is 3.87. The molecule has 4 heteroatoms. The van der Waals surface area contributed by atoms with E-state index in [0.29, 0.717) is 18.3 Å². The van der Waals surface area contributed by atoms with Crippen molar-refractivity contribution in [3.63, 3.8) is 0 Å². The average Bonchev–Trinajstić information content (AvgIpc) is 2.99. The molecule has 13 heavy (non-hydrogen) atoms. The van der Waals surface area contributed by atoms with Crippen LogP contribution in [0.2, 0.25) is 0 Å². The summed E-state index contributed by atoms with van der Waals surface area (Å²) in [5.41, 5.74) is 0. The Bertz CT molecular complexity index is 188. The molecule has 2 aliphatic rings. The summed E-state index contributed by atoms with van der Waals surface area (Å²) in [7, 11) is 4.08. The normalized spacial score (nSPS) is 42.5. The maximum absolute atomic E-state index is 5.44. The largest absolute Gasteiger partial charge is 0.337 e. The Labute approximate surface area is 79.6 Å². The first-order chi connectivity index (χ1) is 6.27. The number of hydrogen-bond acceptors (Lipinski definition) is 4. The quantitative estimate of drug-likeness (QED) is 0.570. The van der Waals surface area contributed by atoms with E-state index in [9.17, 15) is 0 Å². The molecule has 0 bridgehead atoms. The molecule has 0 spiro atoms. The predicted octanol–water partition coefficient (Wildman–Crippen LogP) is -0.430. The van der Waals surface area contributed by atoms with Crippen LogP contribution in [0.3, 0.4) is 0 Å². The van der Waals surface area contributed by atoms with Crippen molar-refractivity contribution in [3.8, 4) is 0 Å². The fourth-order valence-electron chi connectivity index (χ4n) is 1.93. The summed E-state index contributed by atoms with van der Waals surface area (Å²) in [5.74, 6) is 0. The molecule has 0 aromatic heterocycles. The Morgan fingerprint density at radius 1 is 1.54 bits per heavy atom. The molecule has 4 atom stereocenters. The average molecular weight is 185 g/mol. The van der Waals surface area contributed by atoms with Gasteiger partial charge in [0.05, 0.1) is 0 Å². The van der Waals surface area contributed by atoms with Crippen LogP contribution in [0.25, 0.3) is 0 Å². The van der Waals surface area contributed by atoms with E-state index in [1.165, 1.54) is 6.42 Å². The topological polar surface area (TPSA) is 39.8 Å². The van der Waals surface area contributed by atoms with Crippen LogP contribution in [-0.2, 0) is 4.74 Å². The first kappa shape index (κ1) is 9.40. The highest BCUT2D eigenvalue weighted by Crippen LogP contribution is 2.34. The van der Waals surface area contributed by atoms with Crippen molar-refractivity contribution in [3.05, 3.63) is 0 Å². The van der Waals surface area contributed by atoms with E-state index < -0.39 is 0 Å². The Balaban J connectivity index is 1.71. The number of epoxide rings is 1. The van der Waals surface area contributed by atoms with Gasteiger partial charge in [-0.15, -0.1) is 0 Å². The van der Waals surface area contributed by atoms with Crippen LogP contribution in [0.4, 0.5) is 0 Å². The molecule has 4 nitrogen and oxygen atoms in total. The van der Waals surface area contributed by atoms with E-state index in [4.69, 9.17) is 4.74 Å². The van der Waals surface area contributed by atoms with Crippen LogP contribution in [0.15, 0.2) is 0 Å². The van der Waals surface area contributed by atoms with Crippen molar-refractivity contribution < 1.29 is 4.74 Å². The number of rotatable bonds is 5. The maximum atomic E-state index is 5.44. The molecule has 2 fully saturated rings. The molecule has 0 aromatic carbocycles. The summed E-state index contributed by atoms with van der Waals surface area (Å²) in [6.07, 6.45) is 1.83. The minimum atomic E-state index is 0.257. The first-order valence-electron chi connectivity index (χ1n) is 5.06. The summed E-state index contributed by atoms with van der Waals surface area (Å²) in [5, 5.41) is 6.56. The van der Waals surface area contributed by atoms with Gasteiger partial charge in [0.2, 0.25) is 0 Å². The fraction of sp³-hybridized carbons (Fsp3) is 1.00. The third-order valence-corrected chi connectivity index (χ3v) is 2.90. The highest BCUT2D eigenvalue weighted by Gasteiger charge is 2.50. The molecule has 0 radical (unpaired) electrons. The molecule has 76 valence electrons. The number of likely N-dealkylation sites (N-methyl/N-ethyl adjacent to an activating group) is 3. The Morgan fingerprint density at radius 2 is 2.31 bits per heavy atom. The van der Waals surface area contributed by atoms with Gasteiger partial charge in [-0.3, -0.25) is 10.2 Å². The van der Waals surface area contributed by atoms with Gasteiger partial charge in [-0.25, -0.2) is 0 Å². The molecular weight excluding hydrogens is 166 g/mol. The number of nitrogens with zero attached hydrogens (tertiary/aromatic N) is 1. The molecule has 1 saturated heterocycles. The van der Waals surface area contributed by atoms with Gasteiger partial charge >= 0.3 is 0 Å². The van der Waals surface area contributed by atoms with Gasteiger partial charge in [0.15, 0.2) is 12.5 Å². The smallest absolute Gasteiger partial charge is 0.153 e. The Morgan fingerprint density at radius 3 is 2.85 bits per heavy atom. The highest BCUT2D eigenvalue weighted by molar-refractivity contribution is 5.03. The lowest BCUT2D eigenvalue weighted by Gasteiger charge is -2.13. The molecule has 2 N–H and O–H groups in total. The molecule has 4 unspecified atom stereocenters. The molecule has 0 amide bonds. The number of nitrogens with one attached hydrogen (secondary N) is 2. The molecular formula is C9H19N3O.